The van der Waals surface area contributed by atoms with E-state index in [0.717, 1.165) is 5.56 Å². The third-order valence-electron chi connectivity index (χ3n) is 4.57. The number of nitrogens with zero attached hydrogens (tertiary/aromatic N) is 2. The summed E-state index contributed by atoms with van der Waals surface area (Å²) in [4.78, 5) is 12.5. The maximum atomic E-state index is 12.5. The van der Waals surface area contributed by atoms with Gasteiger partial charge in [-0.1, -0.05) is 29.8 Å². The number of fused-ring (bicyclic) bond motifs is 1. The highest BCUT2D eigenvalue weighted by Crippen LogP contribution is 2.33. The van der Waals surface area contributed by atoms with Gasteiger partial charge in [0.15, 0.2) is 16.4 Å². The predicted octanol–water partition coefficient (Wildman–Crippen LogP) is 3.28. The Kier molecular flexibility index (Phi) is 5.06. The van der Waals surface area contributed by atoms with E-state index in [1.165, 1.54) is 4.68 Å². The van der Waals surface area contributed by atoms with E-state index in [2.05, 4.69) is 10.4 Å². The van der Waals surface area contributed by atoms with Gasteiger partial charge in [-0.15, -0.1) is 0 Å². The average molecular weight is 432 g/mol. The van der Waals surface area contributed by atoms with E-state index in [0.29, 0.717) is 33.5 Å². The van der Waals surface area contributed by atoms with Gasteiger partial charge in [0.2, 0.25) is 0 Å². The third kappa shape index (κ3) is 4.13. The van der Waals surface area contributed by atoms with Gasteiger partial charge in [-0.3, -0.25) is 4.79 Å². The highest BCUT2D eigenvalue weighted by atomic mass is 35.5. The molecule has 0 atom stereocenters. The van der Waals surface area contributed by atoms with E-state index in [9.17, 15) is 13.2 Å². The van der Waals surface area contributed by atoms with Gasteiger partial charge in [0.25, 0.3) is 5.91 Å². The molecular formula is C20H18ClN3O4S. The van der Waals surface area contributed by atoms with E-state index in [1.807, 2.05) is 25.1 Å². The Bertz CT molecular complexity index is 1190. The van der Waals surface area contributed by atoms with Crippen molar-refractivity contribution >= 4 is 33.2 Å². The zero-order valence-corrected chi connectivity index (χ0v) is 17.1. The first-order valence-electron chi connectivity index (χ1n) is 8.88. The summed E-state index contributed by atoms with van der Waals surface area (Å²) in [7, 11) is -3.27. The maximum absolute atomic E-state index is 12.5. The number of carbonyl (C=O) groups excluding carboxylic acids is 1. The molecule has 1 aliphatic heterocycles. The van der Waals surface area contributed by atoms with E-state index in [-0.39, 0.29) is 18.1 Å². The molecule has 2 heterocycles. The van der Waals surface area contributed by atoms with Crippen molar-refractivity contribution < 1.29 is 17.9 Å². The molecule has 4 rings (SSSR count). The fraction of sp³-hybridized carbons (Fsp3) is 0.200. The van der Waals surface area contributed by atoms with Gasteiger partial charge in [0, 0.05) is 10.6 Å². The lowest BCUT2D eigenvalue weighted by Crippen LogP contribution is -2.23. The SMILES string of the molecule is Cc1ccccc1OCC(=O)Nc1c2c(nn1-c1ccc(Cl)cc1)CS(=O)(=O)C2. The van der Waals surface area contributed by atoms with Crippen LogP contribution in [-0.4, -0.2) is 30.7 Å². The van der Waals surface area contributed by atoms with Crippen LogP contribution in [0.5, 0.6) is 5.75 Å². The summed E-state index contributed by atoms with van der Waals surface area (Å²) in [6.45, 7) is 1.68. The molecule has 0 aliphatic carbocycles. The number of carbonyl (C=O) groups is 1. The van der Waals surface area contributed by atoms with Crippen LogP contribution in [0.2, 0.25) is 5.02 Å². The molecule has 0 spiro atoms. The zero-order chi connectivity index (χ0) is 20.6. The van der Waals surface area contributed by atoms with Crippen LogP contribution in [-0.2, 0) is 26.1 Å². The molecule has 0 radical (unpaired) electrons. The van der Waals surface area contributed by atoms with Crippen LogP contribution in [0.1, 0.15) is 16.8 Å². The number of aromatic nitrogens is 2. The first kappa shape index (κ1) is 19.5. The molecule has 1 aromatic heterocycles. The number of halogens is 1. The van der Waals surface area contributed by atoms with Crippen LogP contribution < -0.4 is 10.1 Å². The molecule has 150 valence electrons. The highest BCUT2D eigenvalue weighted by molar-refractivity contribution is 7.90. The van der Waals surface area contributed by atoms with Gasteiger partial charge < -0.3 is 10.1 Å². The van der Waals surface area contributed by atoms with Gasteiger partial charge in [0.05, 0.1) is 22.9 Å². The van der Waals surface area contributed by atoms with Crippen LogP contribution in [0.15, 0.2) is 48.5 Å². The van der Waals surface area contributed by atoms with Crippen molar-refractivity contribution in [3.05, 3.63) is 70.4 Å². The standard InChI is InChI=1S/C20H18ClN3O4S/c1-13-4-2-3-5-18(13)28-10-19(25)22-20-16-11-29(26,27)12-17(16)23-24(20)15-8-6-14(21)7-9-15/h2-9H,10-12H2,1H3,(H,22,25). The molecule has 0 saturated carbocycles. The van der Waals surface area contributed by atoms with E-state index in [1.54, 1.807) is 30.3 Å². The summed E-state index contributed by atoms with van der Waals surface area (Å²) in [5.41, 5.74) is 2.52. The normalized spacial score (nSPS) is 14.4. The molecule has 0 saturated heterocycles. The molecule has 29 heavy (non-hydrogen) atoms. The fourth-order valence-electron chi connectivity index (χ4n) is 3.17. The number of hydrogen-bond donors (Lipinski definition) is 1. The van der Waals surface area contributed by atoms with E-state index < -0.39 is 15.7 Å². The molecular weight excluding hydrogens is 414 g/mol. The lowest BCUT2D eigenvalue weighted by atomic mass is 10.2. The monoisotopic (exact) mass is 431 g/mol. The number of aryl methyl sites for hydroxylation is 1. The van der Waals surface area contributed by atoms with Gasteiger partial charge in [-0.2, -0.15) is 5.10 Å². The van der Waals surface area contributed by atoms with E-state index >= 15 is 0 Å². The number of benzene rings is 2. The third-order valence-corrected chi connectivity index (χ3v) is 6.26. The molecule has 1 N–H and O–H groups in total. The van der Waals surface area contributed by atoms with Crippen molar-refractivity contribution in [1.29, 1.82) is 0 Å². The lowest BCUT2D eigenvalue weighted by Gasteiger charge is -2.12. The Morgan fingerprint density at radius 2 is 1.90 bits per heavy atom. The van der Waals surface area contributed by atoms with Crippen molar-refractivity contribution in [1.82, 2.24) is 9.78 Å². The summed E-state index contributed by atoms with van der Waals surface area (Å²) in [5, 5.41) is 7.74. The predicted molar refractivity (Wildman–Crippen MR) is 110 cm³/mol. The largest absolute Gasteiger partial charge is 0.483 e. The average Bonchev–Trinajstić information content (AvgIpc) is 3.14. The molecule has 0 bridgehead atoms. The van der Waals surface area contributed by atoms with Gasteiger partial charge in [0.1, 0.15) is 11.6 Å². The molecule has 1 amide bonds. The Morgan fingerprint density at radius 1 is 1.17 bits per heavy atom. The van der Waals surface area contributed by atoms with Gasteiger partial charge in [-0.25, -0.2) is 13.1 Å². The van der Waals surface area contributed by atoms with Crippen LogP contribution in [0.3, 0.4) is 0 Å². The molecule has 9 heteroatoms. The number of amides is 1. The van der Waals surface area contributed by atoms with Crippen LogP contribution in [0, 0.1) is 6.92 Å². The fourth-order valence-corrected chi connectivity index (χ4v) is 4.79. The lowest BCUT2D eigenvalue weighted by molar-refractivity contribution is -0.118. The Hall–Kier alpha value is -2.84. The summed E-state index contributed by atoms with van der Waals surface area (Å²) < 4.78 is 31.2. The molecule has 1 aliphatic rings. The Balaban J connectivity index is 1.61. The summed E-state index contributed by atoms with van der Waals surface area (Å²) in [6.07, 6.45) is 0. The Morgan fingerprint density at radius 3 is 2.62 bits per heavy atom. The number of hydrogen-bond acceptors (Lipinski definition) is 5. The van der Waals surface area contributed by atoms with Crippen LogP contribution >= 0.6 is 11.6 Å². The number of anilines is 1. The zero-order valence-electron chi connectivity index (χ0n) is 15.6. The number of para-hydroxylation sites is 1. The summed E-state index contributed by atoms with van der Waals surface area (Å²) in [5.74, 6) is 0.231. The topological polar surface area (TPSA) is 90.3 Å². The quantitative estimate of drug-likeness (QED) is 0.669. The molecule has 7 nitrogen and oxygen atoms in total. The first-order chi connectivity index (χ1) is 13.8. The second-order valence-corrected chi connectivity index (χ2v) is 9.30. The van der Waals surface area contributed by atoms with Crippen LogP contribution in [0.25, 0.3) is 5.69 Å². The molecule has 0 unspecified atom stereocenters. The molecule has 0 fully saturated rings. The minimum atomic E-state index is -3.27. The molecule has 2 aromatic carbocycles. The van der Waals surface area contributed by atoms with Crippen LogP contribution in [0.4, 0.5) is 5.82 Å². The maximum Gasteiger partial charge on any atom is 0.263 e. The minimum absolute atomic E-state index is 0.147. The highest BCUT2D eigenvalue weighted by Gasteiger charge is 2.33. The Labute approximate surface area is 173 Å². The van der Waals surface area contributed by atoms with Crippen molar-refractivity contribution in [2.24, 2.45) is 0 Å². The van der Waals surface area contributed by atoms with Crippen molar-refractivity contribution in [2.75, 3.05) is 11.9 Å². The van der Waals surface area contributed by atoms with Gasteiger partial charge in [-0.05, 0) is 42.8 Å². The number of nitrogens with one attached hydrogen (secondary N) is 1. The minimum Gasteiger partial charge on any atom is -0.483 e. The number of sulfone groups is 1. The smallest absolute Gasteiger partial charge is 0.263 e. The number of rotatable bonds is 5. The first-order valence-corrected chi connectivity index (χ1v) is 11.1. The van der Waals surface area contributed by atoms with Gasteiger partial charge >= 0.3 is 0 Å². The van der Waals surface area contributed by atoms with Crippen molar-refractivity contribution in [3.8, 4) is 11.4 Å². The second-order valence-electron chi connectivity index (χ2n) is 6.80. The summed E-state index contributed by atoms with van der Waals surface area (Å²) in [6, 6.07) is 14.3. The van der Waals surface area contributed by atoms with Crippen molar-refractivity contribution in [3.63, 3.8) is 0 Å². The number of ether oxygens (including phenoxy) is 1. The summed E-state index contributed by atoms with van der Waals surface area (Å²) >= 11 is 5.95. The van der Waals surface area contributed by atoms with E-state index in [4.69, 9.17) is 16.3 Å². The van der Waals surface area contributed by atoms with Crippen molar-refractivity contribution in [2.45, 2.75) is 18.4 Å². The second kappa shape index (κ2) is 7.53. The molecule has 3 aromatic rings.